The number of aromatic nitrogens is 1. The van der Waals surface area contributed by atoms with E-state index in [0.717, 1.165) is 11.3 Å². The standard InChI is InChI=1S/C15H14N2O5S2/c1-20-12-6-5-10(8-13(12)21-2)11-9-16-22-15(11)17-24(18,19)14-4-3-7-23-14/h3-9,17H,1-2H3. The van der Waals surface area contributed by atoms with Crippen LogP contribution in [0.25, 0.3) is 11.1 Å². The second-order valence-corrected chi connectivity index (χ2v) is 7.53. The molecule has 3 aromatic rings. The van der Waals surface area contributed by atoms with Gasteiger partial charge in [-0.25, -0.2) is 13.1 Å². The molecule has 24 heavy (non-hydrogen) atoms. The third-order valence-electron chi connectivity index (χ3n) is 3.25. The van der Waals surface area contributed by atoms with E-state index in [1.54, 1.807) is 29.6 Å². The molecular formula is C15H14N2O5S2. The summed E-state index contributed by atoms with van der Waals surface area (Å²) < 4.78 is 42.8. The second-order valence-electron chi connectivity index (χ2n) is 4.68. The fourth-order valence-electron chi connectivity index (χ4n) is 2.11. The quantitative estimate of drug-likeness (QED) is 0.720. The number of nitrogens with zero attached hydrogens (tertiary/aromatic N) is 1. The van der Waals surface area contributed by atoms with Crippen molar-refractivity contribution in [2.45, 2.75) is 4.21 Å². The Morgan fingerprint density at radius 1 is 1.17 bits per heavy atom. The van der Waals surface area contributed by atoms with Crippen molar-refractivity contribution in [3.63, 3.8) is 0 Å². The number of thiophene rings is 1. The van der Waals surface area contributed by atoms with Crippen molar-refractivity contribution in [2.24, 2.45) is 0 Å². The summed E-state index contributed by atoms with van der Waals surface area (Å²) >= 11 is 1.12. The van der Waals surface area contributed by atoms with E-state index >= 15 is 0 Å². The van der Waals surface area contributed by atoms with Gasteiger partial charge in [0.25, 0.3) is 10.0 Å². The van der Waals surface area contributed by atoms with Gasteiger partial charge in [0.05, 0.1) is 26.0 Å². The van der Waals surface area contributed by atoms with Crippen LogP contribution in [0.4, 0.5) is 5.88 Å². The Hall–Kier alpha value is -2.52. The van der Waals surface area contributed by atoms with Crippen LogP contribution in [0.1, 0.15) is 0 Å². The van der Waals surface area contributed by atoms with Crippen LogP contribution in [0.5, 0.6) is 11.5 Å². The van der Waals surface area contributed by atoms with Gasteiger partial charge in [0.2, 0.25) is 5.88 Å². The van der Waals surface area contributed by atoms with Crippen LogP contribution in [0, 0.1) is 0 Å². The van der Waals surface area contributed by atoms with Crippen LogP contribution in [-0.2, 0) is 10.0 Å². The maximum absolute atomic E-state index is 12.3. The van der Waals surface area contributed by atoms with E-state index in [9.17, 15) is 8.42 Å². The van der Waals surface area contributed by atoms with Crippen molar-refractivity contribution >= 4 is 27.2 Å². The highest BCUT2D eigenvalue weighted by molar-refractivity contribution is 7.94. The van der Waals surface area contributed by atoms with Crippen LogP contribution in [0.3, 0.4) is 0 Å². The molecule has 0 spiro atoms. The fourth-order valence-corrected chi connectivity index (χ4v) is 4.11. The normalized spacial score (nSPS) is 11.2. The highest BCUT2D eigenvalue weighted by atomic mass is 32.2. The van der Waals surface area contributed by atoms with Gasteiger partial charge in [-0.3, -0.25) is 0 Å². The number of nitrogens with one attached hydrogen (secondary N) is 1. The van der Waals surface area contributed by atoms with E-state index < -0.39 is 10.0 Å². The summed E-state index contributed by atoms with van der Waals surface area (Å²) in [5.41, 5.74) is 1.17. The zero-order chi connectivity index (χ0) is 17.2. The third-order valence-corrected chi connectivity index (χ3v) is 5.98. The van der Waals surface area contributed by atoms with Crippen LogP contribution >= 0.6 is 11.3 Å². The molecule has 0 saturated heterocycles. The molecule has 3 rings (SSSR count). The molecule has 0 aliphatic heterocycles. The summed E-state index contributed by atoms with van der Waals surface area (Å²) in [7, 11) is -0.657. The number of rotatable bonds is 6. The highest BCUT2D eigenvalue weighted by Crippen LogP contribution is 2.36. The number of hydrogen-bond acceptors (Lipinski definition) is 7. The molecule has 0 unspecified atom stereocenters. The summed E-state index contributed by atoms with van der Waals surface area (Å²) in [6.07, 6.45) is 1.44. The highest BCUT2D eigenvalue weighted by Gasteiger charge is 2.21. The van der Waals surface area contributed by atoms with Crippen LogP contribution in [-0.4, -0.2) is 27.8 Å². The maximum Gasteiger partial charge on any atom is 0.273 e. The first-order chi connectivity index (χ1) is 11.5. The zero-order valence-corrected chi connectivity index (χ0v) is 14.5. The molecule has 0 aliphatic rings. The van der Waals surface area contributed by atoms with Crippen LogP contribution in [0.2, 0.25) is 0 Å². The summed E-state index contributed by atoms with van der Waals surface area (Å²) in [4.78, 5) is 0. The van der Waals surface area contributed by atoms with Gasteiger partial charge in [-0.05, 0) is 29.1 Å². The molecule has 9 heteroatoms. The number of methoxy groups -OCH3 is 2. The first kappa shape index (κ1) is 16.3. The van der Waals surface area contributed by atoms with Gasteiger partial charge in [0, 0.05) is 0 Å². The number of sulfonamides is 1. The smallest absolute Gasteiger partial charge is 0.273 e. The van der Waals surface area contributed by atoms with Crippen LogP contribution < -0.4 is 14.2 Å². The summed E-state index contributed by atoms with van der Waals surface area (Å²) in [5, 5.41) is 5.38. The molecule has 1 N–H and O–H groups in total. The minimum absolute atomic E-state index is 0.0376. The second kappa shape index (κ2) is 6.54. The van der Waals surface area contributed by atoms with Crippen LogP contribution in [0.15, 0.2) is 50.6 Å². The summed E-state index contributed by atoms with van der Waals surface area (Å²) in [6.45, 7) is 0. The van der Waals surface area contributed by atoms with Crippen molar-refractivity contribution in [2.75, 3.05) is 18.9 Å². The fraction of sp³-hybridized carbons (Fsp3) is 0.133. The molecule has 126 valence electrons. The molecule has 2 heterocycles. The van der Waals surface area contributed by atoms with Crippen molar-refractivity contribution in [3.05, 3.63) is 41.9 Å². The van der Waals surface area contributed by atoms with E-state index in [0.29, 0.717) is 22.6 Å². The Kier molecular flexibility index (Phi) is 4.45. The van der Waals surface area contributed by atoms with Gasteiger partial charge in [-0.2, -0.15) is 0 Å². The molecule has 0 radical (unpaired) electrons. The lowest BCUT2D eigenvalue weighted by atomic mass is 10.1. The molecule has 0 fully saturated rings. The largest absolute Gasteiger partial charge is 0.493 e. The molecule has 1 aromatic carbocycles. The Labute approximate surface area is 142 Å². The van der Waals surface area contributed by atoms with Crippen molar-refractivity contribution in [1.82, 2.24) is 5.16 Å². The predicted octanol–water partition coefficient (Wildman–Crippen LogP) is 3.22. The summed E-state index contributed by atoms with van der Waals surface area (Å²) in [5.74, 6) is 1.12. The average molecular weight is 366 g/mol. The molecule has 7 nitrogen and oxygen atoms in total. The topological polar surface area (TPSA) is 90.7 Å². The molecule has 0 saturated carbocycles. The lowest BCUT2D eigenvalue weighted by molar-refractivity contribution is 0.355. The van der Waals surface area contributed by atoms with Gasteiger partial charge in [-0.1, -0.05) is 17.3 Å². The lowest BCUT2D eigenvalue weighted by Gasteiger charge is -2.09. The average Bonchev–Trinajstić information content (AvgIpc) is 3.25. The number of anilines is 1. The monoisotopic (exact) mass is 366 g/mol. The molecule has 0 bridgehead atoms. The van der Waals surface area contributed by atoms with Gasteiger partial charge in [0.1, 0.15) is 4.21 Å². The minimum Gasteiger partial charge on any atom is -0.493 e. The molecule has 0 aliphatic carbocycles. The van der Waals surface area contributed by atoms with E-state index in [2.05, 4.69) is 9.88 Å². The Morgan fingerprint density at radius 3 is 2.62 bits per heavy atom. The molecule has 0 amide bonds. The Bertz CT molecular complexity index is 933. The van der Waals surface area contributed by atoms with E-state index in [4.69, 9.17) is 14.0 Å². The third kappa shape index (κ3) is 3.08. The van der Waals surface area contributed by atoms with Crippen molar-refractivity contribution < 1.29 is 22.4 Å². The minimum atomic E-state index is -3.72. The predicted molar refractivity (Wildman–Crippen MR) is 90.2 cm³/mol. The van der Waals surface area contributed by atoms with Crippen molar-refractivity contribution in [1.29, 1.82) is 0 Å². The molecular weight excluding hydrogens is 352 g/mol. The van der Waals surface area contributed by atoms with E-state index in [1.807, 2.05) is 0 Å². The maximum atomic E-state index is 12.3. The summed E-state index contributed by atoms with van der Waals surface area (Å²) in [6, 6.07) is 8.37. The van der Waals surface area contributed by atoms with Gasteiger partial charge in [0.15, 0.2) is 11.5 Å². The Balaban J connectivity index is 1.97. The lowest BCUT2D eigenvalue weighted by Crippen LogP contribution is -2.11. The van der Waals surface area contributed by atoms with Crippen molar-refractivity contribution in [3.8, 4) is 22.6 Å². The number of hydrogen-bond donors (Lipinski definition) is 1. The Morgan fingerprint density at radius 2 is 1.96 bits per heavy atom. The van der Waals surface area contributed by atoms with Gasteiger partial charge in [-0.15, -0.1) is 11.3 Å². The number of ether oxygens (including phenoxy) is 2. The molecule has 0 atom stereocenters. The van der Waals surface area contributed by atoms with Gasteiger partial charge >= 0.3 is 0 Å². The zero-order valence-electron chi connectivity index (χ0n) is 12.8. The van der Waals surface area contributed by atoms with E-state index in [1.165, 1.54) is 26.5 Å². The first-order valence-corrected chi connectivity index (χ1v) is 9.15. The first-order valence-electron chi connectivity index (χ1n) is 6.78. The SMILES string of the molecule is COc1ccc(-c2cnoc2NS(=O)(=O)c2cccs2)cc1OC. The van der Waals surface area contributed by atoms with Gasteiger partial charge < -0.3 is 14.0 Å². The number of benzene rings is 1. The van der Waals surface area contributed by atoms with E-state index in [-0.39, 0.29) is 10.1 Å². The molecule has 2 aromatic heterocycles.